The number of ether oxygens (including phenoxy) is 1. The topological polar surface area (TPSA) is 107 Å². The van der Waals surface area contributed by atoms with Gasteiger partial charge in [-0.3, -0.25) is 4.79 Å². The lowest BCUT2D eigenvalue weighted by Crippen LogP contribution is -2.30. The molecule has 25 heavy (non-hydrogen) atoms. The maximum atomic E-state index is 12.0. The molecule has 0 bridgehead atoms. The van der Waals surface area contributed by atoms with Crippen molar-refractivity contribution in [2.45, 2.75) is 39.2 Å². The van der Waals surface area contributed by atoms with Crippen molar-refractivity contribution in [3.05, 3.63) is 30.0 Å². The first-order valence-electron chi connectivity index (χ1n) is 8.49. The molecular formula is C18H25N3O4. The smallest absolute Gasteiger partial charge is 0.312 e. The van der Waals surface area contributed by atoms with Crippen LogP contribution in [0.3, 0.4) is 0 Å². The number of urea groups is 1. The molecule has 1 aromatic carbocycles. The number of para-hydroxylation sites is 1. The number of hydrogen-bond donors (Lipinski definition) is 3. The van der Waals surface area contributed by atoms with Gasteiger partial charge in [0.25, 0.3) is 0 Å². The summed E-state index contributed by atoms with van der Waals surface area (Å²) in [6.45, 7) is 4.84. The average molecular weight is 347 g/mol. The van der Waals surface area contributed by atoms with Gasteiger partial charge in [-0.25, -0.2) is 4.79 Å². The van der Waals surface area contributed by atoms with Gasteiger partial charge in [-0.2, -0.15) is 0 Å². The fourth-order valence-corrected chi connectivity index (χ4v) is 2.55. The molecular weight excluding hydrogens is 322 g/mol. The van der Waals surface area contributed by atoms with Gasteiger partial charge in [-0.05, 0) is 38.8 Å². The zero-order valence-electron chi connectivity index (χ0n) is 14.6. The molecule has 0 saturated heterocycles. The normalized spacial score (nSPS) is 11.9. The molecule has 4 N–H and O–H groups in total. The van der Waals surface area contributed by atoms with E-state index in [4.69, 9.17) is 14.9 Å². The predicted octanol–water partition coefficient (Wildman–Crippen LogP) is 2.85. The van der Waals surface area contributed by atoms with Crippen LogP contribution in [-0.4, -0.2) is 25.1 Å². The van der Waals surface area contributed by atoms with Crippen LogP contribution in [0.1, 0.15) is 44.9 Å². The molecule has 1 atom stereocenters. The Labute approximate surface area is 146 Å². The average Bonchev–Trinajstić information content (AvgIpc) is 3.00. The largest absolute Gasteiger partial charge is 0.490 e. The Hall–Kier alpha value is -2.70. The van der Waals surface area contributed by atoms with Crippen LogP contribution in [0, 0.1) is 0 Å². The first-order valence-corrected chi connectivity index (χ1v) is 8.49. The second-order valence-electron chi connectivity index (χ2n) is 5.79. The molecule has 1 heterocycles. The molecule has 7 nitrogen and oxygen atoms in total. The summed E-state index contributed by atoms with van der Waals surface area (Å²) in [5, 5.41) is 6.36. The Morgan fingerprint density at radius 1 is 1.32 bits per heavy atom. The fraction of sp³-hybridized carbons (Fsp3) is 0.444. The third-order valence-electron chi connectivity index (χ3n) is 3.76. The van der Waals surface area contributed by atoms with Gasteiger partial charge in [-0.1, -0.05) is 12.1 Å². The first kappa shape index (κ1) is 18.6. The quantitative estimate of drug-likeness (QED) is 0.606. The van der Waals surface area contributed by atoms with Crippen LogP contribution in [0.4, 0.5) is 4.79 Å². The molecule has 0 spiro atoms. The lowest BCUT2D eigenvalue weighted by atomic mass is 10.2. The van der Waals surface area contributed by atoms with Crippen LogP contribution in [0.25, 0.3) is 11.0 Å². The van der Waals surface area contributed by atoms with Crippen molar-refractivity contribution >= 4 is 22.9 Å². The van der Waals surface area contributed by atoms with Gasteiger partial charge in [0.05, 0.1) is 12.6 Å². The van der Waals surface area contributed by atoms with Crippen LogP contribution in [0.15, 0.2) is 28.7 Å². The van der Waals surface area contributed by atoms with Gasteiger partial charge in [-0.15, -0.1) is 0 Å². The zero-order valence-corrected chi connectivity index (χ0v) is 14.6. The molecule has 0 aliphatic heterocycles. The molecule has 7 heteroatoms. The van der Waals surface area contributed by atoms with E-state index in [0.717, 1.165) is 5.39 Å². The highest BCUT2D eigenvalue weighted by Crippen LogP contribution is 2.31. The van der Waals surface area contributed by atoms with E-state index < -0.39 is 6.03 Å². The number of carbonyl (C=O) groups is 2. The van der Waals surface area contributed by atoms with Gasteiger partial charge in [0, 0.05) is 18.4 Å². The number of amides is 3. The Morgan fingerprint density at radius 3 is 2.84 bits per heavy atom. The van der Waals surface area contributed by atoms with E-state index in [9.17, 15) is 9.59 Å². The standard InChI is InChI=1S/C18H25N3O4/c1-3-24-14-8-6-7-13-11-15(25-17(13)14)12(2)21-16(22)9-4-5-10-20-18(19)23/h6-8,11-12H,3-5,9-10H2,1-2H3,(H,21,22)(H3,19,20,23). The number of unbranched alkanes of at least 4 members (excludes halogenated alkanes) is 1. The van der Waals surface area contributed by atoms with E-state index >= 15 is 0 Å². The Kier molecular flexibility index (Phi) is 6.68. The molecule has 0 fully saturated rings. The molecule has 2 aromatic rings. The second kappa shape index (κ2) is 8.96. The molecule has 0 radical (unpaired) electrons. The minimum Gasteiger partial charge on any atom is -0.490 e. The molecule has 2 rings (SSSR count). The number of fused-ring (bicyclic) bond motifs is 1. The summed E-state index contributed by atoms with van der Waals surface area (Å²) in [6.07, 6.45) is 1.76. The molecule has 0 aliphatic carbocycles. The number of primary amides is 1. The number of rotatable bonds is 9. The van der Waals surface area contributed by atoms with Crippen molar-refractivity contribution in [1.29, 1.82) is 0 Å². The molecule has 0 saturated carbocycles. The van der Waals surface area contributed by atoms with Crippen LogP contribution < -0.4 is 21.1 Å². The first-order chi connectivity index (χ1) is 12.0. The van der Waals surface area contributed by atoms with E-state index in [1.54, 1.807) is 0 Å². The number of furan rings is 1. The maximum Gasteiger partial charge on any atom is 0.312 e. The van der Waals surface area contributed by atoms with E-state index in [-0.39, 0.29) is 11.9 Å². The zero-order chi connectivity index (χ0) is 18.2. The monoisotopic (exact) mass is 347 g/mol. The highest BCUT2D eigenvalue weighted by molar-refractivity contribution is 5.84. The number of hydrogen-bond acceptors (Lipinski definition) is 4. The van der Waals surface area contributed by atoms with E-state index in [1.165, 1.54) is 0 Å². The second-order valence-corrected chi connectivity index (χ2v) is 5.79. The van der Waals surface area contributed by atoms with Crippen molar-refractivity contribution in [1.82, 2.24) is 10.6 Å². The van der Waals surface area contributed by atoms with Gasteiger partial charge < -0.3 is 25.5 Å². The summed E-state index contributed by atoms with van der Waals surface area (Å²) in [7, 11) is 0. The minimum atomic E-state index is -0.547. The fourth-order valence-electron chi connectivity index (χ4n) is 2.55. The number of nitrogens with one attached hydrogen (secondary N) is 2. The molecule has 0 aliphatic rings. The SMILES string of the molecule is CCOc1cccc2cc(C(C)NC(=O)CCCCNC(N)=O)oc12. The van der Waals surface area contributed by atoms with E-state index in [1.807, 2.05) is 38.1 Å². The van der Waals surface area contributed by atoms with Crippen LogP contribution in [0.5, 0.6) is 5.75 Å². The molecule has 1 unspecified atom stereocenters. The van der Waals surface area contributed by atoms with Gasteiger partial charge in [0.15, 0.2) is 11.3 Å². The summed E-state index contributed by atoms with van der Waals surface area (Å²) in [6, 6.07) is 6.86. The van der Waals surface area contributed by atoms with E-state index in [0.29, 0.717) is 49.5 Å². The summed E-state index contributed by atoms with van der Waals surface area (Å²) < 4.78 is 11.4. The Morgan fingerprint density at radius 2 is 2.12 bits per heavy atom. The lowest BCUT2D eigenvalue weighted by molar-refractivity contribution is -0.121. The third-order valence-corrected chi connectivity index (χ3v) is 3.76. The predicted molar refractivity (Wildman–Crippen MR) is 95.4 cm³/mol. The highest BCUT2D eigenvalue weighted by atomic mass is 16.5. The van der Waals surface area contributed by atoms with Crippen molar-refractivity contribution < 1.29 is 18.7 Å². The van der Waals surface area contributed by atoms with Crippen LogP contribution >= 0.6 is 0 Å². The maximum absolute atomic E-state index is 12.0. The van der Waals surface area contributed by atoms with Crippen molar-refractivity contribution in [3.8, 4) is 5.75 Å². The van der Waals surface area contributed by atoms with Gasteiger partial charge in [0.2, 0.25) is 5.91 Å². The highest BCUT2D eigenvalue weighted by Gasteiger charge is 2.16. The minimum absolute atomic E-state index is 0.0583. The third kappa shape index (κ3) is 5.41. The van der Waals surface area contributed by atoms with Gasteiger partial charge >= 0.3 is 6.03 Å². The summed E-state index contributed by atoms with van der Waals surface area (Å²) in [5.74, 6) is 1.33. The van der Waals surface area contributed by atoms with Crippen molar-refractivity contribution in [2.24, 2.45) is 5.73 Å². The number of carbonyl (C=O) groups excluding carboxylic acids is 2. The van der Waals surface area contributed by atoms with Crippen LogP contribution in [0.2, 0.25) is 0 Å². The summed E-state index contributed by atoms with van der Waals surface area (Å²) >= 11 is 0. The van der Waals surface area contributed by atoms with Crippen LogP contribution in [-0.2, 0) is 4.79 Å². The Bertz CT molecular complexity index is 726. The van der Waals surface area contributed by atoms with E-state index in [2.05, 4.69) is 10.6 Å². The summed E-state index contributed by atoms with van der Waals surface area (Å²) in [4.78, 5) is 22.6. The molecule has 3 amide bonds. The van der Waals surface area contributed by atoms with Gasteiger partial charge in [0.1, 0.15) is 5.76 Å². The molecule has 1 aromatic heterocycles. The van der Waals surface area contributed by atoms with Crippen molar-refractivity contribution in [2.75, 3.05) is 13.2 Å². The number of benzene rings is 1. The molecule has 136 valence electrons. The lowest BCUT2D eigenvalue weighted by Gasteiger charge is -2.11. The Balaban J connectivity index is 1.88. The van der Waals surface area contributed by atoms with Crippen molar-refractivity contribution in [3.63, 3.8) is 0 Å². The number of nitrogens with two attached hydrogens (primary N) is 1. The summed E-state index contributed by atoms with van der Waals surface area (Å²) in [5.41, 5.74) is 5.67.